The number of hydrogen-bond acceptors (Lipinski definition) is 7. The molecule has 1 fully saturated rings. The number of anilines is 3. The Balaban J connectivity index is 1.71. The van der Waals surface area contributed by atoms with Gasteiger partial charge in [0.05, 0.1) is 35.3 Å². The molecule has 0 saturated carbocycles. The summed E-state index contributed by atoms with van der Waals surface area (Å²) < 4.78 is 39.0. The molecule has 9 nitrogen and oxygen atoms in total. The Kier molecular flexibility index (Phi) is 7.06. The predicted octanol–water partition coefficient (Wildman–Crippen LogP) is 4.42. The molecule has 3 aromatic rings. The molecular weight excluding hydrogens is 484 g/mol. The minimum atomic E-state index is -0.826. The number of nitrogens with one attached hydrogen (secondary N) is 1. The largest absolute Gasteiger partial charge is 0.495 e. The van der Waals surface area contributed by atoms with Crippen LogP contribution in [0.5, 0.6) is 5.75 Å². The smallest absolute Gasteiger partial charge is 0.410 e. The Morgan fingerprint density at radius 3 is 2.38 bits per heavy atom. The maximum absolute atomic E-state index is 14.5. The molecular formula is C26H29F2N5O4. The van der Waals surface area contributed by atoms with Gasteiger partial charge in [-0.1, -0.05) is 0 Å². The van der Waals surface area contributed by atoms with Crippen LogP contribution in [0.1, 0.15) is 31.1 Å². The zero-order valence-electron chi connectivity index (χ0n) is 21.1. The molecule has 1 aliphatic heterocycles. The number of hydrogen-bond donors (Lipinski definition) is 2. The van der Waals surface area contributed by atoms with Gasteiger partial charge >= 0.3 is 6.09 Å². The molecule has 2 aromatic carbocycles. The van der Waals surface area contributed by atoms with Gasteiger partial charge in [0.25, 0.3) is 5.91 Å². The number of methoxy groups -OCH3 is 1. The first-order chi connectivity index (χ1) is 17.5. The molecule has 2 heterocycles. The average Bonchev–Trinajstić information content (AvgIpc) is 2.83. The van der Waals surface area contributed by atoms with Crippen molar-refractivity contribution < 1.29 is 27.8 Å². The maximum Gasteiger partial charge on any atom is 0.410 e. The van der Waals surface area contributed by atoms with Crippen molar-refractivity contribution in [3.05, 3.63) is 53.7 Å². The standard InChI is InChI=1S/C26H29F2N5O4/c1-26(2,3)37-25(35)33-9-7-32(8-10-33)21-12-16-20(13-22(21)36-4)30-14-17(24(29)34)23(16)31-19-6-5-15(27)11-18(19)28/h5-6,11-14H,7-10H2,1-4H3,(H2,29,34)(H,30,31). The summed E-state index contributed by atoms with van der Waals surface area (Å²) >= 11 is 0. The Labute approximate surface area is 213 Å². The third-order valence-corrected chi connectivity index (χ3v) is 5.90. The third-order valence-electron chi connectivity index (χ3n) is 5.90. The van der Waals surface area contributed by atoms with E-state index >= 15 is 0 Å². The van der Waals surface area contributed by atoms with Crippen LogP contribution in [0.2, 0.25) is 0 Å². The predicted molar refractivity (Wildman–Crippen MR) is 136 cm³/mol. The fraction of sp³-hybridized carbons (Fsp3) is 0.346. The van der Waals surface area contributed by atoms with Crippen molar-refractivity contribution in [2.24, 2.45) is 5.73 Å². The molecule has 11 heteroatoms. The number of pyridine rings is 1. The molecule has 2 amide bonds. The van der Waals surface area contributed by atoms with Crippen molar-refractivity contribution in [3.63, 3.8) is 0 Å². The van der Waals surface area contributed by atoms with Crippen molar-refractivity contribution in [3.8, 4) is 5.75 Å². The average molecular weight is 514 g/mol. The lowest BCUT2D eigenvalue weighted by Crippen LogP contribution is -2.50. The first kappa shape index (κ1) is 25.9. The molecule has 0 radical (unpaired) electrons. The molecule has 1 aromatic heterocycles. The number of carbonyl (C=O) groups excluding carboxylic acids is 2. The molecule has 1 aliphatic rings. The first-order valence-corrected chi connectivity index (χ1v) is 11.7. The number of aromatic nitrogens is 1. The van der Waals surface area contributed by atoms with Gasteiger partial charge in [-0.3, -0.25) is 9.78 Å². The zero-order valence-corrected chi connectivity index (χ0v) is 21.1. The highest BCUT2D eigenvalue weighted by Crippen LogP contribution is 2.38. The van der Waals surface area contributed by atoms with Gasteiger partial charge in [-0.05, 0) is 39.0 Å². The number of ether oxygens (including phenoxy) is 2. The topological polar surface area (TPSA) is 110 Å². The highest BCUT2D eigenvalue weighted by molar-refractivity contribution is 6.08. The summed E-state index contributed by atoms with van der Waals surface area (Å²) in [4.78, 5) is 32.7. The summed E-state index contributed by atoms with van der Waals surface area (Å²) in [5.74, 6) is -1.78. The maximum atomic E-state index is 14.5. The summed E-state index contributed by atoms with van der Waals surface area (Å²) in [5, 5.41) is 3.38. The van der Waals surface area contributed by atoms with Crippen LogP contribution in [0, 0.1) is 11.6 Å². The van der Waals surface area contributed by atoms with Gasteiger partial charge in [0.15, 0.2) is 0 Å². The molecule has 0 aliphatic carbocycles. The monoisotopic (exact) mass is 513 g/mol. The molecule has 3 N–H and O–H groups in total. The summed E-state index contributed by atoms with van der Waals surface area (Å²) in [5.41, 5.74) is 6.42. The van der Waals surface area contributed by atoms with Gasteiger partial charge in [0.2, 0.25) is 0 Å². The molecule has 37 heavy (non-hydrogen) atoms. The van der Waals surface area contributed by atoms with E-state index in [1.807, 2.05) is 25.7 Å². The van der Waals surface area contributed by atoms with Crippen LogP contribution in [0.4, 0.5) is 30.6 Å². The second-order valence-corrected chi connectivity index (χ2v) is 9.66. The van der Waals surface area contributed by atoms with Crippen LogP contribution in [0.3, 0.4) is 0 Å². The van der Waals surface area contributed by atoms with Gasteiger partial charge in [0, 0.05) is 49.9 Å². The van der Waals surface area contributed by atoms with Gasteiger partial charge in [0.1, 0.15) is 23.0 Å². The second kappa shape index (κ2) is 10.1. The van der Waals surface area contributed by atoms with Crippen molar-refractivity contribution in [1.82, 2.24) is 9.88 Å². The van der Waals surface area contributed by atoms with Crippen LogP contribution in [-0.4, -0.2) is 60.8 Å². The highest BCUT2D eigenvalue weighted by Gasteiger charge is 2.28. The number of benzene rings is 2. The Bertz CT molecular complexity index is 1350. The highest BCUT2D eigenvalue weighted by atomic mass is 19.1. The van der Waals surface area contributed by atoms with Crippen LogP contribution in [0.15, 0.2) is 36.5 Å². The number of piperazine rings is 1. The van der Waals surface area contributed by atoms with Gasteiger partial charge in [-0.25, -0.2) is 13.6 Å². The SMILES string of the molecule is COc1cc2ncc(C(N)=O)c(Nc3ccc(F)cc3F)c2cc1N1CCN(C(=O)OC(C)(C)C)CC1. The van der Waals surface area contributed by atoms with E-state index in [-0.39, 0.29) is 23.0 Å². The number of carbonyl (C=O) groups is 2. The molecule has 0 spiro atoms. The molecule has 196 valence electrons. The van der Waals surface area contributed by atoms with Crippen molar-refractivity contribution in [1.29, 1.82) is 0 Å². The number of fused-ring (bicyclic) bond motifs is 1. The first-order valence-electron chi connectivity index (χ1n) is 11.7. The van der Waals surface area contributed by atoms with E-state index < -0.39 is 23.1 Å². The third kappa shape index (κ3) is 5.65. The fourth-order valence-corrected chi connectivity index (χ4v) is 4.12. The lowest BCUT2D eigenvalue weighted by atomic mass is 10.1. The minimum absolute atomic E-state index is 0.0280. The summed E-state index contributed by atoms with van der Waals surface area (Å²) in [6.45, 7) is 7.32. The zero-order chi connectivity index (χ0) is 26.9. The lowest BCUT2D eigenvalue weighted by Gasteiger charge is -2.37. The van der Waals surface area contributed by atoms with Crippen LogP contribution in [-0.2, 0) is 4.74 Å². The Morgan fingerprint density at radius 2 is 1.78 bits per heavy atom. The van der Waals surface area contributed by atoms with Crippen molar-refractivity contribution in [2.45, 2.75) is 26.4 Å². The number of nitrogens with zero attached hydrogens (tertiary/aromatic N) is 3. The van der Waals surface area contributed by atoms with Crippen molar-refractivity contribution >= 4 is 40.0 Å². The minimum Gasteiger partial charge on any atom is -0.495 e. The lowest BCUT2D eigenvalue weighted by molar-refractivity contribution is 0.0240. The van der Waals surface area contributed by atoms with Crippen molar-refractivity contribution in [2.75, 3.05) is 43.5 Å². The molecule has 1 saturated heterocycles. The Morgan fingerprint density at radius 1 is 1.08 bits per heavy atom. The second-order valence-electron chi connectivity index (χ2n) is 9.66. The number of halogens is 2. The molecule has 0 atom stereocenters. The van der Waals surface area contributed by atoms with E-state index in [9.17, 15) is 18.4 Å². The van der Waals surface area contributed by atoms with E-state index in [0.717, 1.165) is 12.1 Å². The number of primary amides is 1. The molecule has 4 rings (SSSR count). The number of amides is 2. The normalized spacial score (nSPS) is 14.0. The van der Waals surface area contributed by atoms with Crippen LogP contribution < -0.4 is 20.7 Å². The van der Waals surface area contributed by atoms with Gasteiger partial charge in [-0.15, -0.1) is 0 Å². The number of nitrogens with two attached hydrogens (primary N) is 1. The molecule has 0 unspecified atom stereocenters. The van der Waals surface area contributed by atoms with E-state index in [1.165, 1.54) is 19.4 Å². The van der Waals surface area contributed by atoms with E-state index in [1.54, 1.807) is 17.0 Å². The van der Waals surface area contributed by atoms with Crippen LogP contribution in [0.25, 0.3) is 10.9 Å². The summed E-state index contributed by atoms with van der Waals surface area (Å²) in [7, 11) is 1.53. The summed E-state index contributed by atoms with van der Waals surface area (Å²) in [6.07, 6.45) is 0.924. The van der Waals surface area contributed by atoms with E-state index in [0.29, 0.717) is 48.5 Å². The van der Waals surface area contributed by atoms with Crippen LogP contribution >= 0.6 is 0 Å². The summed E-state index contributed by atoms with van der Waals surface area (Å²) in [6, 6.07) is 6.58. The van der Waals surface area contributed by atoms with E-state index in [2.05, 4.69) is 10.3 Å². The molecule has 0 bridgehead atoms. The number of rotatable bonds is 5. The quantitative estimate of drug-likeness (QED) is 0.520. The van der Waals surface area contributed by atoms with Gasteiger partial charge in [-0.2, -0.15) is 0 Å². The Hall–Kier alpha value is -4.15. The fourth-order valence-electron chi connectivity index (χ4n) is 4.12. The van der Waals surface area contributed by atoms with E-state index in [4.69, 9.17) is 15.2 Å². The van der Waals surface area contributed by atoms with Gasteiger partial charge < -0.3 is 30.3 Å².